The fourth-order valence-corrected chi connectivity index (χ4v) is 3.26. The van der Waals surface area contributed by atoms with Crippen molar-refractivity contribution in [1.82, 2.24) is 34.9 Å². The first-order valence-electron chi connectivity index (χ1n) is 9.07. The van der Waals surface area contributed by atoms with Gasteiger partial charge >= 0.3 is 0 Å². The molecule has 0 bridgehead atoms. The van der Waals surface area contributed by atoms with Crippen molar-refractivity contribution in [2.75, 3.05) is 24.5 Å². The molecular formula is C18H26N8. The minimum atomic E-state index is -0.0854. The second kappa shape index (κ2) is 6.35. The Labute approximate surface area is 153 Å². The van der Waals surface area contributed by atoms with Crippen LogP contribution in [0.5, 0.6) is 0 Å². The lowest BCUT2D eigenvalue weighted by molar-refractivity contribution is 0.379. The third-order valence-corrected chi connectivity index (χ3v) is 4.71. The van der Waals surface area contributed by atoms with Crippen molar-refractivity contribution in [3.63, 3.8) is 0 Å². The fourth-order valence-electron chi connectivity index (χ4n) is 3.26. The highest BCUT2D eigenvalue weighted by atomic mass is 15.4. The van der Waals surface area contributed by atoms with Gasteiger partial charge in [0.05, 0.1) is 5.69 Å². The van der Waals surface area contributed by atoms with Crippen LogP contribution in [0.15, 0.2) is 24.4 Å². The molecule has 1 aliphatic rings. The van der Waals surface area contributed by atoms with E-state index in [9.17, 15) is 0 Å². The third-order valence-electron chi connectivity index (χ3n) is 4.71. The van der Waals surface area contributed by atoms with E-state index in [1.165, 1.54) is 0 Å². The van der Waals surface area contributed by atoms with Gasteiger partial charge in [0.25, 0.3) is 0 Å². The molecule has 0 unspecified atom stereocenters. The van der Waals surface area contributed by atoms with Gasteiger partial charge in [-0.25, -0.2) is 0 Å². The summed E-state index contributed by atoms with van der Waals surface area (Å²) in [7, 11) is 1.94. The van der Waals surface area contributed by atoms with Gasteiger partial charge in [-0.3, -0.25) is 4.68 Å². The quantitative estimate of drug-likeness (QED) is 0.746. The van der Waals surface area contributed by atoms with Crippen LogP contribution in [0.1, 0.15) is 32.3 Å². The Bertz CT molecular complexity index is 897. The lowest BCUT2D eigenvalue weighted by Gasteiger charge is -2.40. The summed E-state index contributed by atoms with van der Waals surface area (Å²) in [5.74, 6) is 2.52. The molecule has 0 spiro atoms. The predicted octanol–water partition coefficient (Wildman–Crippen LogP) is 1.38. The number of rotatable bonds is 5. The maximum Gasteiger partial charge on any atom is 0.178 e. The van der Waals surface area contributed by atoms with Gasteiger partial charge in [-0.15, -0.1) is 15.3 Å². The Hall–Kier alpha value is -2.48. The maximum atomic E-state index is 4.77. The molecule has 0 amide bonds. The van der Waals surface area contributed by atoms with Crippen LogP contribution >= 0.6 is 0 Å². The van der Waals surface area contributed by atoms with Crippen LogP contribution in [0, 0.1) is 5.92 Å². The first kappa shape index (κ1) is 17.0. The van der Waals surface area contributed by atoms with Gasteiger partial charge in [0, 0.05) is 50.8 Å². The molecule has 1 aliphatic heterocycles. The van der Waals surface area contributed by atoms with Gasteiger partial charge in [-0.1, -0.05) is 20.8 Å². The van der Waals surface area contributed by atoms with E-state index in [4.69, 9.17) is 5.10 Å². The molecule has 1 saturated heterocycles. The van der Waals surface area contributed by atoms with Crippen molar-refractivity contribution in [1.29, 1.82) is 0 Å². The molecule has 1 fully saturated rings. The van der Waals surface area contributed by atoms with Gasteiger partial charge in [0.15, 0.2) is 11.5 Å². The van der Waals surface area contributed by atoms with E-state index in [0.29, 0.717) is 5.92 Å². The molecule has 0 saturated carbocycles. The van der Waals surface area contributed by atoms with Crippen molar-refractivity contribution < 1.29 is 0 Å². The summed E-state index contributed by atoms with van der Waals surface area (Å²) in [5, 5.41) is 21.2. The molecule has 0 aliphatic carbocycles. The Morgan fingerprint density at radius 2 is 1.92 bits per heavy atom. The smallest absolute Gasteiger partial charge is 0.178 e. The number of nitrogens with zero attached hydrogens (tertiary/aromatic N) is 7. The van der Waals surface area contributed by atoms with Crippen molar-refractivity contribution in [3.8, 4) is 0 Å². The first-order chi connectivity index (χ1) is 12.4. The van der Waals surface area contributed by atoms with Crippen LogP contribution in [-0.2, 0) is 19.0 Å². The van der Waals surface area contributed by atoms with Gasteiger partial charge in [0.1, 0.15) is 5.82 Å². The molecule has 4 heterocycles. The zero-order chi connectivity index (χ0) is 18.3. The van der Waals surface area contributed by atoms with Crippen LogP contribution < -0.4 is 10.2 Å². The molecule has 3 aromatic rings. The largest absolute Gasteiger partial charge is 0.354 e. The molecule has 0 aromatic carbocycles. The summed E-state index contributed by atoms with van der Waals surface area (Å²) in [6, 6.07) is 6.08. The standard InChI is InChI=1S/C18H26N8/c1-18(2,3)17-21-20-15-5-6-16(23-26(15)17)25-11-13(12-25)9-19-10-14-7-8-24(4)22-14/h5-8,13,19H,9-12H2,1-4H3. The number of anilines is 1. The number of aromatic nitrogens is 6. The van der Waals surface area contributed by atoms with Crippen molar-refractivity contribution in [2.24, 2.45) is 13.0 Å². The molecule has 8 nitrogen and oxygen atoms in total. The van der Waals surface area contributed by atoms with E-state index in [1.807, 2.05) is 40.6 Å². The number of aryl methyl sites for hydroxylation is 1. The number of fused-ring (bicyclic) bond motifs is 1. The highest BCUT2D eigenvalue weighted by Crippen LogP contribution is 2.25. The lowest BCUT2D eigenvalue weighted by Crippen LogP contribution is -2.51. The highest BCUT2D eigenvalue weighted by molar-refractivity contribution is 5.47. The van der Waals surface area contributed by atoms with Gasteiger partial charge in [-0.05, 0) is 18.2 Å². The summed E-state index contributed by atoms with van der Waals surface area (Å²) < 4.78 is 3.71. The lowest BCUT2D eigenvalue weighted by atomic mass is 9.96. The van der Waals surface area contributed by atoms with Crippen molar-refractivity contribution >= 4 is 11.5 Å². The van der Waals surface area contributed by atoms with E-state index in [2.05, 4.69) is 46.3 Å². The number of nitrogens with one attached hydrogen (secondary N) is 1. The van der Waals surface area contributed by atoms with E-state index >= 15 is 0 Å². The van der Waals surface area contributed by atoms with E-state index in [-0.39, 0.29) is 5.41 Å². The molecule has 0 atom stereocenters. The summed E-state index contributed by atoms with van der Waals surface area (Å²) >= 11 is 0. The van der Waals surface area contributed by atoms with E-state index < -0.39 is 0 Å². The van der Waals surface area contributed by atoms with Crippen molar-refractivity contribution in [2.45, 2.75) is 32.7 Å². The second-order valence-corrected chi connectivity index (χ2v) is 8.12. The first-order valence-corrected chi connectivity index (χ1v) is 9.07. The van der Waals surface area contributed by atoms with Crippen LogP contribution in [-0.4, -0.2) is 49.2 Å². The second-order valence-electron chi connectivity index (χ2n) is 8.12. The Morgan fingerprint density at radius 3 is 2.62 bits per heavy atom. The van der Waals surface area contributed by atoms with Gasteiger partial charge in [0.2, 0.25) is 0 Å². The van der Waals surface area contributed by atoms with Crippen LogP contribution in [0.4, 0.5) is 5.82 Å². The highest BCUT2D eigenvalue weighted by Gasteiger charge is 2.28. The van der Waals surface area contributed by atoms with Gasteiger partial charge < -0.3 is 10.2 Å². The van der Waals surface area contributed by atoms with Gasteiger partial charge in [-0.2, -0.15) is 9.61 Å². The Balaban J connectivity index is 1.35. The normalized spacial score (nSPS) is 15.6. The van der Waals surface area contributed by atoms with Crippen LogP contribution in [0.2, 0.25) is 0 Å². The SMILES string of the molecule is Cn1ccc(CNCC2CN(c3ccc4nnc(C(C)(C)C)n4n3)C2)n1. The minimum Gasteiger partial charge on any atom is -0.354 e. The summed E-state index contributed by atoms with van der Waals surface area (Å²) in [5.41, 5.74) is 1.80. The zero-order valence-electron chi connectivity index (χ0n) is 15.8. The van der Waals surface area contributed by atoms with Crippen LogP contribution in [0.25, 0.3) is 5.65 Å². The van der Waals surface area contributed by atoms with E-state index in [0.717, 1.165) is 49.2 Å². The Kier molecular flexibility index (Phi) is 4.14. The summed E-state index contributed by atoms with van der Waals surface area (Å²) in [4.78, 5) is 2.30. The molecule has 3 aromatic heterocycles. The summed E-state index contributed by atoms with van der Waals surface area (Å²) in [6.07, 6.45) is 1.97. The summed E-state index contributed by atoms with van der Waals surface area (Å²) in [6.45, 7) is 10.2. The maximum absolute atomic E-state index is 4.77. The Morgan fingerprint density at radius 1 is 1.12 bits per heavy atom. The fraction of sp³-hybridized carbons (Fsp3) is 0.556. The van der Waals surface area contributed by atoms with Crippen LogP contribution in [0.3, 0.4) is 0 Å². The predicted molar refractivity (Wildman–Crippen MR) is 100 cm³/mol. The molecule has 8 heteroatoms. The van der Waals surface area contributed by atoms with E-state index in [1.54, 1.807) is 0 Å². The average molecular weight is 354 g/mol. The molecule has 4 rings (SSSR count). The minimum absolute atomic E-state index is 0.0854. The number of hydrogen-bond acceptors (Lipinski definition) is 6. The molecular weight excluding hydrogens is 328 g/mol. The third kappa shape index (κ3) is 3.29. The average Bonchev–Trinajstić information content (AvgIpc) is 3.14. The molecule has 26 heavy (non-hydrogen) atoms. The molecule has 138 valence electrons. The van der Waals surface area contributed by atoms with Crippen molar-refractivity contribution in [3.05, 3.63) is 35.9 Å². The topological polar surface area (TPSA) is 76.2 Å². The zero-order valence-corrected chi connectivity index (χ0v) is 15.8. The monoisotopic (exact) mass is 354 g/mol. The molecule has 0 radical (unpaired) electrons. The molecule has 1 N–H and O–H groups in total. The number of hydrogen-bond donors (Lipinski definition) is 1.